The lowest BCUT2D eigenvalue weighted by Gasteiger charge is -2.42. The van der Waals surface area contributed by atoms with Gasteiger partial charge in [-0.3, -0.25) is 0 Å². The number of phenolic OH excluding ortho intramolecular Hbond substituents is 8. The molecule has 320 valence electrons. The van der Waals surface area contributed by atoms with Gasteiger partial charge in [-0.2, -0.15) is 0 Å². The predicted molar refractivity (Wildman–Crippen MR) is 211 cm³/mol. The molecule has 0 spiro atoms. The summed E-state index contributed by atoms with van der Waals surface area (Å²) in [7, 11) is 0. The first-order valence-electron chi connectivity index (χ1n) is 19.8. The Hall–Kier alpha value is -6.30. The smallest absolute Gasteiger partial charge is 0.201 e. The Kier molecular flexibility index (Phi) is 9.87. The second-order valence-electron chi connectivity index (χ2n) is 16.3. The van der Waals surface area contributed by atoms with Crippen molar-refractivity contribution in [2.75, 3.05) is 0 Å². The van der Waals surface area contributed by atoms with Crippen molar-refractivity contribution in [2.24, 2.45) is 5.92 Å². The lowest BCUT2D eigenvalue weighted by molar-refractivity contribution is -0.0981. The Labute approximate surface area is 347 Å². The van der Waals surface area contributed by atoms with Crippen molar-refractivity contribution in [3.8, 4) is 63.2 Å². The third-order valence-corrected chi connectivity index (χ3v) is 12.7. The van der Waals surface area contributed by atoms with Crippen LogP contribution in [0.15, 0.2) is 72.8 Å². The molecule has 16 nitrogen and oxygen atoms in total. The molecule has 1 saturated carbocycles. The average Bonchev–Trinajstić information content (AvgIpc) is 3.24. The number of aliphatic hydroxyl groups excluding tert-OH is 5. The van der Waals surface area contributed by atoms with Crippen LogP contribution in [-0.4, -0.2) is 96.9 Å². The Morgan fingerprint density at radius 3 is 1.39 bits per heavy atom. The second-order valence-corrected chi connectivity index (χ2v) is 16.3. The number of phenols is 8. The van der Waals surface area contributed by atoms with Crippen molar-refractivity contribution < 1.29 is 80.6 Å². The lowest BCUT2D eigenvalue weighted by Crippen LogP contribution is -2.46. The van der Waals surface area contributed by atoms with Crippen LogP contribution in [0.2, 0.25) is 0 Å². The zero-order valence-corrected chi connectivity index (χ0v) is 32.1. The Bertz CT molecular complexity index is 2480. The number of hydrogen-bond donors (Lipinski definition) is 13. The summed E-state index contributed by atoms with van der Waals surface area (Å²) in [5.41, 5.74) is 0.0400. The number of ether oxygens (including phenoxy) is 3. The summed E-state index contributed by atoms with van der Waals surface area (Å²) in [6.45, 7) is 0. The van der Waals surface area contributed by atoms with Crippen molar-refractivity contribution in [1.82, 2.24) is 0 Å². The number of aliphatic hydroxyl groups is 5. The molecule has 0 aromatic heterocycles. The molecule has 1 fully saturated rings. The molecule has 9 atom stereocenters. The molecule has 5 aromatic carbocycles. The fraction of sp³-hybridized carbons (Fsp3) is 0.333. The fourth-order valence-corrected chi connectivity index (χ4v) is 9.53. The maximum Gasteiger partial charge on any atom is 0.201 e. The summed E-state index contributed by atoms with van der Waals surface area (Å²) >= 11 is 0. The molecule has 61 heavy (non-hydrogen) atoms. The minimum Gasteiger partial charge on any atom is -0.508 e. The van der Waals surface area contributed by atoms with E-state index in [9.17, 15) is 66.4 Å². The molecule has 4 aliphatic rings. The zero-order valence-electron chi connectivity index (χ0n) is 32.1. The molecule has 3 heterocycles. The number of rotatable bonds is 5. The van der Waals surface area contributed by atoms with Gasteiger partial charge >= 0.3 is 0 Å². The van der Waals surface area contributed by atoms with Crippen LogP contribution in [0.4, 0.5) is 0 Å². The highest BCUT2D eigenvalue weighted by Crippen LogP contribution is 2.60. The number of fused-ring (bicyclic) bond motifs is 3. The molecule has 0 radical (unpaired) electrons. The van der Waals surface area contributed by atoms with Gasteiger partial charge in [0.05, 0.1) is 6.10 Å². The number of benzene rings is 5. The van der Waals surface area contributed by atoms with Crippen LogP contribution in [-0.2, 0) is 0 Å². The van der Waals surface area contributed by atoms with E-state index in [1.165, 1.54) is 66.7 Å². The van der Waals surface area contributed by atoms with Crippen LogP contribution in [0.1, 0.15) is 94.8 Å². The lowest BCUT2D eigenvalue weighted by atomic mass is 9.74. The van der Waals surface area contributed by atoms with E-state index in [0.29, 0.717) is 31.2 Å². The summed E-state index contributed by atoms with van der Waals surface area (Å²) < 4.78 is 18.4. The van der Waals surface area contributed by atoms with Crippen LogP contribution < -0.4 is 14.2 Å². The summed E-state index contributed by atoms with van der Waals surface area (Å²) in [4.78, 5) is 0. The SMILES string of the molecule is Oc1ccc([C@H]2Oc3c(cc([C@H]4c5ccc(O)c(O)c5O[C@H](c5ccc(O)cc5)[C@H]4O)c(O)c3O)[C@@H](c3cc4c(c(O)c3O)O[C@H](C3CCC(O)CC3)[C@H](O)[C@@H]4O)[C@@H]2O)cc1. The molecule has 5 aromatic rings. The highest BCUT2D eigenvalue weighted by molar-refractivity contribution is 5.69. The molecular weight excluding hydrogens is 796 g/mol. The third kappa shape index (κ3) is 6.49. The average molecular weight is 841 g/mol. The van der Waals surface area contributed by atoms with Crippen LogP contribution >= 0.6 is 0 Å². The van der Waals surface area contributed by atoms with Gasteiger partial charge in [-0.05, 0) is 85.2 Å². The first kappa shape index (κ1) is 40.1. The quantitative estimate of drug-likeness (QED) is 0.110. The molecule has 0 unspecified atom stereocenters. The van der Waals surface area contributed by atoms with Gasteiger partial charge in [0.25, 0.3) is 0 Å². The van der Waals surface area contributed by atoms with E-state index in [2.05, 4.69) is 0 Å². The van der Waals surface area contributed by atoms with Crippen LogP contribution in [0.3, 0.4) is 0 Å². The Morgan fingerprint density at radius 1 is 0.410 bits per heavy atom. The van der Waals surface area contributed by atoms with Gasteiger partial charge in [-0.25, -0.2) is 0 Å². The van der Waals surface area contributed by atoms with Gasteiger partial charge < -0.3 is 80.6 Å². The van der Waals surface area contributed by atoms with Gasteiger partial charge in [0.15, 0.2) is 46.7 Å². The van der Waals surface area contributed by atoms with Gasteiger partial charge in [0.2, 0.25) is 17.2 Å². The van der Waals surface area contributed by atoms with Crippen molar-refractivity contribution in [3.63, 3.8) is 0 Å². The van der Waals surface area contributed by atoms with Gasteiger partial charge in [-0.1, -0.05) is 30.3 Å². The molecule has 1 aliphatic carbocycles. The first-order valence-corrected chi connectivity index (χ1v) is 19.8. The zero-order chi connectivity index (χ0) is 43.2. The molecule has 0 bridgehead atoms. The van der Waals surface area contributed by atoms with E-state index < -0.39 is 95.2 Å². The molecule has 9 rings (SSSR count). The fourth-order valence-electron chi connectivity index (χ4n) is 9.53. The normalized spacial score (nSPS) is 29.2. The standard InChI is InChI=1S/C45H44O16/c46-20-7-1-17(2-8-20)40-35(54)29(23-13-14-28(49)34(53)43(23)59-40)24-15-26-30(36(55)41(18-3-9-21(47)10-4-18)60-44(26)38(57)31(24)50)25-16-27-33(52)37(56)42(19-5-11-22(48)12-6-19)61-45(27)39(58)32(25)51/h1-4,7-10,13-16,19,22,29-30,33,35-37,40-42,46-58H,5-6,11-12H2/t19?,22?,29-,30-,33-,35+,36+,37-,40-,41-,42-/m1/s1. The van der Waals surface area contributed by atoms with E-state index in [1.54, 1.807) is 0 Å². The topological polar surface area (TPSA) is 291 Å². The monoisotopic (exact) mass is 840 g/mol. The molecule has 3 aliphatic heterocycles. The largest absolute Gasteiger partial charge is 0.508 e. The summed E-state index contributed by atoms with van der Waals surface area (Å²) in [5.74, 6) is -8.78. The molecule has 13 N–H and O–H groups in total. The molecule has 0 saturated heterocycles. The van der Waals surface area contributed by atoms with Gasteiger partial charge in [0, 0.05) is 39.7 Å². The number of hydrogen-bond acceptors (Lipinski definition) is 16. The maximum absolute atomic E-state index is 12.3. The minimum absolute atomic E-state index is 0.0637. The minimum atomic E-state index is -1.69. The summed E-state index contributed by atoms with van der Waals surface area (Å²) in [5, 5.41) is 146. The number of aromatic hydroxyl groups is 8. The summed E-state index contributed by atoms with van der Waals surface area (Å²) in [6.07, 6.45) is -8.78. The highest BCUT2D eigenvalue weighted by atomic mass is 16.5. The maximum atomic E-state index is 12.3. The van der Waals surface area contributed by atoms with Crippen molar-refractivity contribution in [3.05, 3.63) is 112 Å². The van der Waals surface area contributed by atoms with Crippen LogP contribution in [0, 0.1) is 5.92 Å². The van der Waals surface area contributed by atoms with Gasteiger partial charge in [-0.15, -0.1) is 0 Å². The Morgan fingerprint density at radius 2 is 0.869 bits per heavy atom. The van der Waals surface area contributed by atoms with E-state index in [4.69, 9.17) is 14.2 Å². The van der Waals surface area contributed by atoms with Crippen LogP contribution in [0.25, 0.3) is 0 Å². The highest BCUT2D eigenvalue weighted by Gasteiger charge is 2.49. The van der Waals surface area contributed by atoms with Crippen molar-refractivity contribution in [2.45, 2.75) is 86.4 Å². The van der Waals surface area contributed by atoms with Crippen molar-refractivity contribution >= 4 is 0 Å². The van der Waals surface area contributed by atoms with E-state index in [-0.39, 0.29) is 68.0 Å². The third-order valence-electron chi connectivity index (χ3n) is 12.7. The van der Waals surface area contributed by atoms with E-state index in [1.807, 2.05) is 0 Å². The van der Waals surface area contributed by atoms with Crippen LogP contribution in [0.5, 0.6) is 63.2 Å². The molecule has 0 amide bonds. The predicted octanol–water partition coefficient (Wildman–Crippen LogP) is 4.29. The van der Waals surface area contributed by atoms with Gasteiger partial charge in [0.1, 0.15) is 42.0 Å². The van der Waals surface area contributed by atoms with E-state index in [0.717, 1.165) is 6.07 Å². The van der Waals surface area contributed by atoms with E-state index >= 15 is 0 Å². The second kappa shape index (κ2) is 15.0. The van der Waals surface area contributed by atoms with Crippen molar-refractivity contribution in [1.29, 1.82) is 0 Å². The molecule has 16 heteroatoms. The first-order chi connectivity index (χ1) is 29.1. The summed E-state index contributed by atoms with van der Waals surface area (Å²) in [6, 6.07) is 16.2. The molecular formula is C45H44O16. The Balaban J connectivity index is 1.22.